The molecule has 19 heavy (non-hydrogen) atoms. The Kier molecular flexibility index (Phi) is 4.80. The number of aliphatic hydroxyl groups is 1. The summed E-state index contributed by atoms with van der Waals surface area (Å²) in [5.74, 6) is 1.14. The number of hydrogen-bond acceptors (Lipinski definition) is 3. The van der Waals surface area contributed by atoms with Gasteiger partial charge in [0.15, 0.2) is 6.61 Å². The number of amides is 1. The molecule has 104 valence electrons. The first-order chi connectivity index (χ1) is 9.20. The van der Waals surface area contributed by atoms with Gasteiger partial charge in [-0.05, 0) is 31.2 Å². The topological polar surface area (TPSA) is 58.6 Å². The Bertz CT molecular complexity index is 429. The highest BCUT2D eigenvalue weighted by Gasteiger charge is 2.21. The van der Waals surface area contributed by atoms with Crippen LogP contribution in [0.4, 0.5) is 0 Å². The summed E-state index contributed by atoms with van der Waals surface area (Å²) >= 11 is 0. The number of carbonyl (C=O) groups excluding carboxylic acids is 1. The van der Waals surface area contributed by atoms with Gasteiger partial charge in [-0.1, -0.05) is 25.1 Å². The fraction of sp³-hybridized carbons (Fsp3) is 0.533. The Morgan fingerprint density at radius 3 is 2.89 bits per heavy atom. The van der Waals surface area contributed by atoms with Crippen LogP contribution >= 0.6 is 0 Å². The molecule has 1 atom stereocenters. The van der Waals surface area contributed by atoms with Crippen molar-refractivity contribution in [3.63, 3.8) is 0 Å². The summed E-state index contributed by atoms with van der Waals surface area (Å²) in [6.07, 6.45) is 2.50. The highest BCUT2D eigenvalue weighted by Crippen LogP contribution is 2.28. The van der Waals surface area contributed by atoms with Crippen molar-refractivity contribution in [2.75, 3.05) is 13.2 Å². The first kappa shape index (κ1) is 13.9. The molecule has 0 aromatic heterocycles. The molecule has 1 amide bonds. The van der Waals surface area contributed by atoms with E-state index in [1.165, 1.54) is 12.8 Å². The number of ether oxygens (including phenoxy) is 1. The molecule has 1 fully saturated rings. The van der Waals surface area contributed by atoms with Crippen LogP contribution in [0.1, 0.15) is 37.9 Å². The summed E-state index contributed by atoms with van der Waals surface area (Å²) in [5.41, 5.74) is 0.736. The smallest absolute Gasteiger partial charge is 0.257 e. The minimum atomic E-state index is -0.550. The van der Waals surface area contributed by atoms with Crippen LogP contribution in [0.2, 0.25) is 0 Å². The molecule has 4 nitrogen and oxygen atoms in total. The standard InChI is InChI=1S/C15H21NO3/c1-2-13(17)12-5-3-4-6-14(12)19-10-15(18)16-9-11-7-8-11/h3-6,11,13,17H,2,7-10H2,1H3,(H,16,18). The van der Waals surface area contributed by atoms with Gasteiger partial charge in [0.2, 0.25) is 0 Å². The number of rotatable bonds is 7. The van der Waals surface area contributed by atoms with E-state index < -0.39 is 6.10 Å². The van der Waals surface area contributed by atoms with E-state index in [-0.39, 0.29) is 12.5 Å². The Morgan fingerprint density at radius 2 is 2.21 bits per heavy atom. The molecule has 1 aliphatic rings. The zero-order valence-corrected chi connectivity index (χ0v) is 11.3. The average Bonchev–Trinajstić information content (AvgIpc) is 3.26. The van der Waals surface area contributed by atoms with E-state index in [1.54, 1.807) is 6.07 Å². The van der Waals surface area contributed by atoms with E-state index in [1.807, 2.05) is 25.1 Å². The number of benzene rings is 1. The molecule has 0 spiro atoms. The predicted octanol–water partition coefficient (Wildman–Crippen LogP) is 2.04. The summed E-state index contributed by atoms with van der Waals surface area (Å²) < 4.78 is 5.50. The highest BCUT2D eigenvalue weighted by atomic mass is 16.5. The van der Waals surface area contributed by atoms with E-state index in [0.717, 1.165) is 12.1 Å². The van der Waals surface area contributed by atoms with Gasteiger partial charge < -0.3 is 15.2 Å². The van der Waals surface area contributed by atoms with Gasteiger partial charge in [0.25, 0.3) is 5.91 Å². The molecule has 0 aliphatic heterocycles. The van der Waals surface area contributed by atoms with Crippen LogP contribution in [0.25, 0.3) is 0 Å². The van der Waals surface area contributed by atoms with Gasteiger partial charge in [0.05, 0.1) is 6.10 Å². The largest absolute Gasteiger partial charge is 0.483 e. The van der Waals surface area contributed by atoms with Crippen LogP contribution in [0.5, 0.6) is 5.75 Å². The quantitative estimate of drug-likeness (QED) is 0.791. The maximum Gasteiger partial charge on any atom is 0.257 e. The van der Waals surface area contributed by atoms with Crippen LogP contribution in [-0.4, -0.2) is 24.2 Å². The molecular weight excluding hydrogens is 242 g/mol. The van der Waals surface area contributed by atoms with E-state index in [9.17, 15) is 9.90 Å². The first-order valence-electron chi connectivity index (χ1n) is 6.87. The highest BCUT2D eigenvalue weighted by molar-refractivity contribution is 5.77. The van der Waals surface area contributed by atoms with Crippen molar-refractivity contribution >= 4 is 5.91 Å². The molecular formula is C15H21NO3. The normalized spacial score (nSPS) is 15.9. The second-order valence-corrected chi connectivity index (χ2v) is 5.00. The zero-order valence-electron chi connectivity index (χ0n) is 11.3. The number of carbonyl (C=O) groups is 1. The van der Waals surface area contributed by atoms with Crippen molar-refractivity contribution in [3.8, 4) is 5.75 Å². The zero-order chi connectivity index (χ0) is 13.7. The summed E-state index contributed by atoms with van der Waals surface area (Å²) in [6, 6.07) is 7.30. The van der Waals surface area contributed by atoms with Crippen LogP contribution in [-0.2, 0) is 4.79 Å². The molecule has 1 saturated carbocycles. The lowest BCUT2D eigenvalue weighted by atomic mass is 10.1. The lowest BCUT2D eigenvalue weighted by Crippen LogP contribution is -2.30. The van der Waals surface area contributed by atoms with E-state index in [0.29, 0.717) is 18.1 Å². The summed E-state index contributed by atoms with van der Waals surface area (Å²) in [7, 11) is 0. The SMILES string of the molecule is CCC(O)c1ccccc1OCC(=O)NCC1CC1. The van der Waals surface area contributed by atoms with Gasteiger partial charge in [-0.2, -0.15) is 0 Å². The van der Waals surface area contributed by atoms with Crippen molar-refractivity contribution in [1.82, 2.24) is 5.32 Å². The van der Waals surface area contributed by atoms with Gasteiger partial charge in [0.1, 0.15) is 5.75 Å². The van der Waals surface area contributed by atoms with E-state index >= 15 is 0 Å². The van der Waals surface area contributed by atoms with Crippen LogP contribution in [0.3, 0.4) is 0 Å². The second kappa shape index (κ2) is 6.57. The predicted molar refractivity (Wildman–Crippen MR) is 72.9 cm³/mol. The third-order valence-electron chi connectivity index (χ3n) is 3.31. The minimum Gasteiger partial charge on any atom is -0.483 e. The van der Waals surface area contributed by atoms with Crippen LogP contribution in [0, 0.1) is 5.92 Å². The van der Waals surface area contributed by atoms with Gasteiger partial charge >= 0.3 is 0 Å². The second-order valence-electron chi connectivity index (χ2n) is 5.00. The minimum absolute atomic E-state index is 0.000166. The number of nitrogens with one attached hydrogen (secondary N) is 1. The first-order valence-corrected chi connectivity index (χ1v) is 6.87. The lowest BCUT2D eigenvalue weighted by molar-refractivity contribution is -0.123. The molecule has 2 N–H and O–H groups in total. The molecule has 2 rings (SSSR count). The third kappa shape index (κ3) is 4.24. The monoisotopic (exact) mass is 263 g/mol. The Labute approximate surface area is 113 Å². The summed E-state index contributed by atoms with van der Waals surface area (Å²) in [5, 5.41) is 12.7. The number of aliphatic hydroxyl groups excluding tert-OH is 1. The molecule has 0 radical (unpaired) electrons. The molecule has 1 unspecified atom stereocenters. The molecule has 0 saturated heterocycles. The van der Waals surface area contributed by atoms with Gasteiger partial charge in [-0.15, -0.1) is 0 Å². The van der Waals surface area contributed by atoms with Gasteiger partial charge in [-0.25, -0.2) is 0 Å². The Balaban J connectivity index is 1.85. The Hall–Kier alpha value is -1.55. The summed E-state index contributed by atoms with van der Waals surface area (Å²) in [6.45, 7) is 2.66. The van der Waals surface area contributed by atoms with E-state index in [4.69, 9.17) is 4.74 Å². The average molecular weight is 263 g/mol. The van der Waals surface area contributed by atoms with Gasteiger partial charge in [0, 0.05) is 12.1 Å². The Morgan fingerprint density at radius 1 is 1.47 bits per heavy atom. The number of hydrogen-bond donors (Lipinski definition) is 2. The fourth-order valence-corrected chi connectivity index (χ4v) is 1.88. The van der Waals surface area contributed by atoms with Crippen molar-refractivity contribution in [1.29, 1.82) is 0 Å². The molecule has 1 aromatic rings. The van der Waals surface area contributed by atoms with Crippen LogP contribution < -0.4 is 10.1 Å². The van der Waals surface area contributed by atoms with Gasteiger partial charge in [-0.3, -0.25) is 4.79 Å². The molecule has 0 bridgehead atoms. The molecule has 0 heterocycles. The maximum atomic E-state index is 11.6. The van der Waals surface area contributed by atoms with Crippen molar-refractivity contribution in [2.45, 2.75) is 32.3 Å². The fourth-order valence-electron chi connectivity index (χ4n) is 1.88. The van der Waals surface area contributed by atoms with Crippen molar-refractivity contribution < 1.29 is 14.6 Å². The lowest BCUT2D eigenvalue weighted by Gasteiger charge is -2.14. The van der Waals surface area contributed by atoms with Crippen molar-refractivity contribution in [3.05, 3.63) is 29.8 Å². The van der Waals surface area contributed by atoms with E-state index in [2.05, 4.69) is 5.32 Å². The van der Waals surface area contributed by atoms with Crippen molar-refractivity contribution in [2.24, 2.45) is 5.92 Å². The number of para-hydroxylation sites is 1. The maximum absolute atomic E-state index is 11.6. The third-order valence-corrected chi connectivity index (χ3v) is 3.31. The molecule has 1 aliphatic carbocycles. The van der Waals surface area contributed by atoms with Crippen LogP contribution in [0.15, 0.2) is 24.3 Å². The molecule has 1 aromatic carbocycles. The molecule has 4 heteroatoms. The summed E-state index contributed by atoms with van der Waals surface area (Å²) in [4.78, 5) is 11.6.